The van der Waals surface area contributed by atoms with E-state index in [4.69, 9.17) is 10.5 Å². The number of rotatable bonds is 3. The molecule has 88 valence electrons. The molecule has 0 amide bonds. The fraction of sp³-hybridized carbons (Fsp3) is 0.143. The van der Waals surface area contributed by atoms with Crippen LogP contribution in [0.3, 0.4) is 0 Å². The molecule has 0 aliphatic rings. The molecule has 0 radical (unpaired) electrons. The number of aryl methyl sites for hydroxylation is 1. The van der Waals surface area contributed by atoms with Crippen LogP contribution >= 0.6 is 15.9 Å². The van der Waals surface area contributed by atoms with Gasteiger partial charge >= 0.3 is 0 Å². The SMILES string of the molecule is Cc1ccc(COc2cccc(Br)c2)cc1N. The van der Waals surface area contributed by atoms with Crippen LogP contribution in [0.1, 0.15) is 11.1 Å². The fourth-order valence-corrected chi connectivity index (χ4v) is 1.88. The molecule has 0 spiro atoms. The average molecular weight is 292 g/mol. The standard InChI is InChI=1S/C14H14BrNO/c1-10-5-6-11(7-14(10)16)9-17-13-4-2-3-12(15)8-13/h2-8H,9,16H2,1H3. The average Bonchev–Trinajstić information content (AvgIpc) is 2.31. The highest BCUT2D eigenvalue weighted by atomic mass is 79.9. The summed E-state index contributed by atoms with van der Waals surface area (Å²) in [5, 5.41) is 0. The zero-order valence-corrected chi connectivity index (χ0v) is 11.2. The van der Waals surface area contributed by atoms with Crippen LogP contribution in [0.5, 0.6) is 5.75 Å². The first-order chi connectivity index (χ1) is 8.15. The van der Waals surface area contributed by atoms with E-state index < -0.39 is 0 Å². The second-order valence-corrected chi connectivity index (χ2v) is 4.85. The molecule has 2 rings (SSSR count). The molecule has 0 heterocycles. The molecule has 0 fully saturated rings. The number of benzene rings is 2. The molecular weight excluding hydrogens is 278 g/mol. The second kappa shape index (κ2) is 5.23. The minimum absolute atomic E-state index is 0.529. The van der Waals surface area contributed by atoms with Gasteiger partial charge in [0.05, 0.1) is 0 Å². The van der Waals surface area contributed by atoms with Crippen molar-refractivity contribution in [2.75, 3.05) is 5.73 Å². The summed E-state index contributed by atoms with van der Waals surface area (Å²) < 4.78 is 6.69. The quantitative estimate of drug-likeness (QED) is 0.870. The summed E-state index contributed by atoms with van der Waals surface area (Å²) in [6.07, 6.45) is 0. The molecule has 0 atom stereocenters. The van der Waals surface area contributed by atoms with E-state index in [-0.39, 0.29) is 0 Å². The summed E-state index contributed by atoms with van der Waals surface area (Å²) in [6.45, 7) is 2.52. The molecule has 0 saturated carbocycles. The summed E-state index contributed by atoms with van der Waals surface area (Å²) in [4.78, 5) is 0. The van der Waals surface area contributed by atoms with Crippen molar-refractivity contribution in [1.29, 1.82) is 0 Å². The van der Waals surface area contributed by atoms with Gasteiger partial charge in [0.25, 0.3) is 0 Å². The summed E-state index contributed by atoms with van der Waals surface area (Å²) in [6, 6.07) is 13.8. The summed E-state index contributed by atoms with van der Waals surface area (Å²) >= 11 is 3.41. The van der Waals surface area contributed by atoms with Crippen molar-refractivity contribution in [2.24, 2.45) is 0 Å². The van der Waals surface area contributed by atoms with Gasteiger partial charge in [-0.1, -0.05) is 34.1 Å². The van der Waals surface area contributed by atoms with Crippen molar-refractivity contribution in [3.05, 3.63) is 58.1 Å². The third-order valence-electron chi connectivity index (χ3n) is 2.55. The van der Waals surface area contributed by atoms with Gasteiger partial charge < -0.3 is 10.5 Å². The monoisotopic (exact) mass is 291 g/mol. The smallest absolute Gasteiger partial charge is 0.120 e. The molecule has 0 aromatic heterocycles. The van der Waals surface area contributed by atoms with E-state index in [2.05, 4.69) is 15.9 Å². The van der Waals surface area contributed by atoms with Crippen molar-refractivity contribution >= 4 is 21.6 Å². The Morgan fingerprint density at radius 1 is 1.18 bits per heavy atom. The first kappa shape index (κ1) is 12.0. The topological polar surface area (TPSA) is 35.2 Å². The van der Waals surface area contributed by atoms with Crippen LogP contribution in [-0.4, -0.2) is 0 Å². The lowest BCUT2D eigenvalue weighted by molar-refractivity contribution is 0.306. The molecule has 2 aromatic carbocycles. The molecule has 17 heavy (non-hydrogen) atoms. The Hall–Kier alpha value is -1.48. The molecule has 2 aromatic rings. The largest absolute Gasteiger partial charge is 0.489 e. The second-order valence-electron chi connectivity index (χ2n) is 3.94. The Balaban J connectivity index is 2.05. The van der Waals surface area contributed by atoms with Crippen LogP contribution in [0.2, 0.25) is 0 Å². The highest BCUT2D eigenvalue weighted by molar-refractivity contribution is 9.10. The van der Waals surface area contributed by atoms with Gasteiger partial charge in [0.1, 0.15) is 12.4 Å². The van der Waals surface area contributed by atoms with Gasteiger partial charge in [-0.05, 0) is 42.3 Å². The van der Waals surface area contributed by atoms with Gasteiger partial charge in [-0.25, -0.2) is 0 Å². The number of nitrogens with two attached hydrogens (primary N) is 1. The van der Waals surface area contributed by atoms with E-state index in [0.717, 1.165) is 27.0 Å². The van der Waals surface area contributed by atoms with E-state index in [0.29, 0.717) is 6.61 Å². The van der Waals surface area contributed by atoms with Crippen LogP contribution in [-0.2, 0) is 6.61 Å². The van der Waals surface area contributed by atoms with Gasteiger partial charge in [0.15, 0.2) is 0 Å². The van der Waals surface area contributed by atoms with Gasteiger partial charge in [-0.15, -0.1) is 0 Å². The Labute approximate surface area is 110 Å². The molecule has 0 unspecified atom stereocenters. The van der Waals surface area contributed by atoms with Gasteiger partial charge in [0, 0.05) is 10.2 Å². The zero-order valence-electron chi connectivity index (χ0n) is 9.61. The van der Waals surface area contributed by atoms with Gasteiger partial charge in [-0.2, -0.15) is 0 Å². The number of halogens is 1. The molecule has 3 heteroatoms. The highest BCUT2D eigenvalue weighted by Gasteiger charge is 1.99. The van der Waals surface area contributed by atoms with E-state index >= 15 is 0 Å². The molecule has 0 bridgehead atoms. The summed E-state index contributed by atoms with van der Waals surface area (Å²) in [7, 11) is 0. The molecule has 0 aliphatic carbocycles. The van der Waals surface area contributed by atoms with Crippen LogP contribution in [0, 0.1) is 6.92 Å². The maximum Gasteiger partial charge on any atom is 0.120 e. The van der Waals surface area contributed by atoms with Crippen LogP contribution in [0.15, 0.2) is 46.9 Å². The predicted molar refractivity (Wildman–Crippen MR) is 74.1 cm³/mol. The number of ether oxygens (including phenoxy) is 1. The van der Waals surface area contributed by atoms with Crippen LogP contribution in [0.25, 0.3) is 0 Å². The summed E-state index contributed by atoms with van der Waals surface area (Å²) in [5.41, 5.74) is 8.83. The first-order valence-corrected chi connectivity index (χ1v) is 6.18. The molecule has 0 saturated heterocycles. The number of hydrogen-bond acceptors (Lipinski definition) is 2. The maximum absolute atomic E-state index is 5.85. The number of hydrogen-bond donors (Lipinski definition) is 1. The minimum atomic E-state index is 0.529. The Kier molecular flexibility index (Phi) is 3.69. The van der Waals surface area contributed by atoms with Crippen molar-refractivity contribution in [2.45, 2.75) is 13.5 Å². The Bertz CT molecular complexity index is 525. The molecular formula is C14H14BrNO. The minimum Gasteiger partial charge on any atom is -0.489 e. The van der Waals surface area contributed by atoms with Crippen molar-refractivity contribution < 1.29 is 4.74 Å². The van der Waals surface area contributed by atoms with E-state index in [1.54, 1.807) is 0 Å². The Morgan fingerprint density at radius 2 is 2.00 bits per heavy atom. The maximum atomic E-state index is 5.85. The summed E-state index contributed by atoms with van der Waals surface area (Å²) in [5.74, 6) is 0.846. The fourth-order valence-electron chi connectivity index (χ4n) is 1.50. The van der Waals surface area contributed by atoms with Crippen molar-refractivity contribution in [3.8, 4) is 5.75 Å². The molecule has 0 aliphatic heterocycles. The van der Waals surface area contributed by atoms with Gasteiger partial charge in [0.2, 0.25) is 0 Å². The first-order valence-electron chi connectivity index (χ1n) is 5.38. The van der Waals surface area contributed by atoms with Crippen LogP contribution < -0.4 is 10.5 Å². The van der Waals surface area contributed by atoms with Gasteiger partial charge in [-0.3, -0.25) is 0 Å². The van der Waals surface area contributed by atoms with E-state index in [1.165, 1.54) is 0 Å². The lowest BCUT2D eigenvalue weighted by Gasteiger charge is -2.08. The zero-order chi connectivity index (χ0) is 12.3. The normalized spacial score (nSPS) is 10.2. The van der Waals surface area contributed by atoms with Crippen molar-refractivity contribution in [3.63, 3.8) is 0 Å². The lowest BCUT2D eigenvalue weighted by Crippen LogP contribution is -1.97. The third-order valence-corrected chi connectivity index (χ3v) is 3.04. The van der Waals surface area contributed by atoms with Crippen molar-refractivity contribution in [1.82, 2.24) is 0 Å². The molecule has 2 N–H and O–H groups in total. The van der Waals surface area contributed by atoms with E-state index in [9.17, 15) is 0 Å². The third kappa shape index (κ3) is 3.24. The molecule has 2 nitrogen and oxygen atoms in total. The van der Waals surface area contributed by atoms with E-state index in [1.807, 2.05) is 49.4 Å². The lowest BCUT2D eigenvalue weighted by atomic mass is 10.1. The van der Waals surface area contributed by atoms with Crippen LogP contribution in [0.4, 0.5) is 5.69 Å². The highest BCUT2D eigenvalue weighted by Crippen LogP contribution is 2.20. The predicted octanol–water partition coefficient (Wildman–Crippen LogP) is 3.92. The Morgan fingerprint density at radius 3 is 2.71 bits per heavy atom. The number of anilines is 1. The number of nitrogen functional groups attached to an aromatic ring is 1.